The second-order valence-corrected chi connectivity index (χ2v) is 9.64. The number of anilines is 1. The minimum atomic E-state index is -0.421. The monoisotopic (exact) mass is 538 g/mol. The summed E-state index contributed by atoms with van der Waals surface area (Å²) in [4.78, 5) is 19.7. The molecule has 0 saturated carbocycles. The number of halogens is 2. The van der Waals surface area contributed by atoms with Crippen LogP contribution in [0.3, 0.4) is 0 Å². The molecular formula is C27H28ClFN6O3. The molecule has 3 aromatic heterocycles. The molecule has 11 heteroatoms. The number of rotatable bonds is 9. The van der Waals surface area contributed by atoms with E-state index < -0.39 is 5.82 Å². The summed E-state index contributed by atoms with van der Waals surface area (Å²) in [5, 5.41) is 17.7. The minimum Gasteiger partial charge on any atom is -0.392 e. The highest BCUT2D eigenvalue weighted by Gasteiger charge is 2.34. The Morgan fingerprint density at radius 1 is 1.24 bits per heavy atom. The second-order valence-electron chi connectivity index (χ2n) is 9.23. The van der Waals surface area contributed by atoms with Crippen LogP contribution in [0, 0.1) is 5.82 Å². The number of nitrogens with one attached hydrogen (secondary N) is 1. The number of hydrogen-bond donors (Lipinski definition) is 2. The number of aromatic nitrogens is 4. The average Bonchev–Trinajstić information content (AvgIpc) is 3.52. The van der Waals surface area contributed by atoms with Crippen molar-refractivity contribution in [2.24, 2.45) is 7.05 Å². The highest BCUT2D eigenvalue weighted by atomic mass is 35.5. The molecule has 0 radical (unpaired) electrons. The molecule has 9 nitrogen and oxygen atoms in total. The molecule has 0 fully saturated rings. The van der Waals surface area contributed by atoms with Gasteiger partial charge < -0.3 is 24.6 Å². The number of carbonyl (C=O) groups excluding carboxylic acids is 1. The molecule has 0 aliphatic carbocycles. The molecule has 1 unspecified atom stereocenters. The van der Waals surface area contributed by atoms with E-state index >= 15 is 0 Å². The van der Waals surface area contributed by atoms with Crippen LogP contribution in [0.4, 0.5) is 10.2 Å². The average molecular weight is 539 g/mol. The first-order valence-corrected chi connectivity index (χ1v) is 12.5. The van der Waals surface area contributed by atoms with Gasteiger partial charge in [0, 0.05) is 57.0 Å². The van der Waals surface area contributed by atoms with E-state index in [-0.39, 0.29) is 25.1 Å². The number of aliphatic hydroxyl groups is 1. The molecule has 0 bridgehead atoms. The van der Waals surface area contributed by atoms with Crippen molar-refractivity contribution in [2.45, 2.75) is 32.3 Å². The number of ether oxygens (including phenoxy) is 1. The van der Waals surface area contributed by atoms with Crippen molar-refractivity contribution in [1.82, 2.24) is 24.2 Å². The molecule has 1 amide bonds. The third kappa shape index (κ3) is 5.15. The maximum absolute atomic E-state index is 14.0. The van der Waals surface area contributed by atoms with Gasteiger partial charge in [0.2, 0.25) is 0 Å². The molecule has 4 aromatic rings. The van der Waals surface area contributed by atoms with Gasteiger partial charge in [0.15, 0.2) is 0 Å². The van der Waals surface area contributed by atoms with Gasteiger partial charge in [0.1, 0.15) is 17.3 Å². The van der Waals surface area contributed by atoms with E-state index in [1.165, 1.54) is 18.2 Å². The van der Waals surface area contributed by atoms with Crippen LogP contribution < -0.4 is 5.32 Å². The normalized spacial score (nSPS) is 15.1. The molecule has 0 saturated heterocycles. The molecule has 0 spiro atoms. The van der Waals surface area contributed by atoms with E-state index in [4.69, 9.17) is 16.3 Å². The van der Waals surface area contributed by atoms with Crippen molar-refractivity contribution >= 4 is 23.3 Å². The lowest BCUT2D eigenvalue weighted by molar-refractivity contribution is 0.0386. The lowest BCUT2D eigenvalue weighted by Gasteiger charge is -2.36. The third-order valence-corrected chi connectivity index (χ3v) is 7.10. The summed E-state index contributed by atoms with van der Waals surface area (Å²) in [5.41, 5.74) is 4.15. The Balaban J connectivity index is 1.43. The van der Waals surface area contributed by atoms with Crippen molar-refractivity contribution in [3.63, 3.8) is 0 Å². The number of nitrogens with zero attached hydrogens (tertiary/aromatic N) is 5. The van der Waals surface area contributed by atoms with Gasteiger partial charge in [-0.15, -0.1) is 0 Å². The van der Waals surface area contributed by atoms with Gasteiger partial charge in [0.05, 0.1) is 36.5 Å². The zero-order chi connectivity index (χ0) is 26.8. The van der Waals surface area contributed by atoms with E-state index in [1.54, 1.807) is 29.1 Å². The Bertz CT molecular complexity index is 1470. The van der Waals surface area contributed by atoms with Gasteiger partial charge in [0.25, 0.3) is 5.91 Å². The summed E-state index contributed by atoms with van der Waals surface area (Å²) >= 11 is 6.53. The smallest absolute Gasteiger partial charge is 0.271 e. The van der Waals surface area contributed by atoms with Crippen molar-refractivity contribution in [3.05, 3.63) is 88.3 Å². The van der Waals surface area contributed by atoms with Crippen molar-refractivity contribution in [3.8, 4) is 11.1 Å². The van der Waals surface area contributed by atoms with Crippen LogP contribution in [-0.2, 0) is 38.0 Å². The molecule has 198 valence electrons. The maximum atomic E-state index is 14.0. The number of aryl methyl sites for hydroxylation is 1. The summed E-state index contributed by atoms with van der Waals surface area (Å²) < 4.78 is 23.1. The van der Waals surface area contributed by atoms with Crippen molar-refractivity contribution in [2.75, 3.05) is 19.0 Å². The highest BCUT2D eigenvalue weighted by molar-refractivity contribution is 6.33. The fraction of sp³-hybridized carbons (Fsp3) is 0.296. The zero-order valence-electron chi connectivity index (χ0n) is 21.1. The number of amides is 1. The van der Waals surface area contributed by atoms with Crippen LogP contribution in [0.2, 0.25) is 5.02 Å². The lowest BCUT2D eigenvalue weighted by Crippen LogP contribution is -2.49. The molecule has 2 N–H and O–H groups in total. The number of carbonyl (C=O) groups is 1. The molecule has 5 rings (SSSR count). The number of fused-ring (bicyclic) bond motifs is 1. The van der Waals surface area contributed by atoms with Gasteiger partial charge >= 0.3 is 0 Å². The van der Waals surface area contributed by atoms with Crippen LogP contribution in [0.15, 0.2) is 55.0 Å². The fourth-order valence-corrected chi connectivity index (χ4v) is 4.97. The van der Waals surface area contributed by atoms with Crippen LogP contribution in [0.1, 0.15) is 27.3 Å². The Morgan fingerprint density at radius 3 is 2.82 bits per heavy atom. The number of benzene rings is 1. The Kier molecular flexibility index (Phi) is 7.46. The number of hydrogen-bond acceptors (Lipinski definition) is 6. The molecule has 1 aliphatic rings. The maximum Gasteiger partial charge on any atom is 0.271 e. The third-order valence-electron chi connectivity index (χ3n) is 6.80. The highest BCUT2D eigenvalue weighted by Crippen LogP contribution is 2.33. The second kappa shape index (κ2) is 10.9. The topological polar surface area (TPSA) is 97.4 Å². The first-order chi connectivity index (χ1) is 18.4. The SMILES string of the molecule is COCC1Cn2cc(-c3cc(NCc4ccnn4C)ncc3Cl)cc2C(=O)N1Cc1cc(F)ccc1CO. The number of aliphatic hydroxyl groups excluding tert-OH is 1. The first kappa shape index (κ1) is 25.9. The molecule has 4 heterocycles. The first-order valence-electron chi connectivity index (χ1n) is 12.1. The Morgan fingerprint density at radius 2 is 2.08 bits per heavy atom. The van der Waals surface area contributed by atoms with Crippen LogP contribution in [-0.4, -0.2) is 55.0 Å². The van der Waals surface area contributed by atoms with Gasteiger partial charge in [-0.05, 0) is 41.5 Å². The van der Waals surface area contributed by atoms with Crippen LogP contribution in [0.5, 0.6) is 0 Å². The number of methoxy groups -OCH3 is 1. The molecule has 1 atom stereocenters. The van der Waals surface area contributed by atoms with Gasteiger partial charge in [-0.2, -0.15) is 5.10 Å². The summed E-state index contributed by atoms with van der Waals surface area (Å²) in [7, 11) is 3.46. The predicted octanol–water partition coefficient (Wildman–Crippen LogP) is 3.85. The largest absolute Gasteiger partial charge is 0.392 e. The van der Waals surface area contributed by atoms with Crippen LogP contribution in [0.25, 0.3) is 11.1 Å². The lowest BCUT2D eigenvalue weighted by atomic mass is 10.0. The van der Waals surface area contributed by atoms with Gasteiger partial charge in [-0.1, -0.05) is 17.7 Å². The molecule has 1 aliphatic heterocycles. The van der Waals surface area contributed by atoms with Gasteiger partial charge in [-0.3, -0.25) is 9.48 Å². The predicted molar refractivity (Wildman–Crippen MR) is 141 cm³/mol. The Labute approximate surface area is 224 Å². The molecule has 1 aromatic carbocycles. The zero-order valence-corrected chi connectivity index (χ0v) is 21.8. The molecule has 38 heavy (non-hydrogen) atoms. The fourth-order valence-electron chi connectivity index (χ4n) is 4.75. The van der Waals surface area contributed by atoms with E-state index in [1.807, 2.05) is 36.0 Å². The summed E-state index contributed by atoms with van der Waals surface area (Å²) in [6.07, 6.45) is 5.22. The minimum absolute atomic E-state index is 0.152. The van der Waals surface area contributed by atoms with E-state index in [0.717, 1.165) is 16.8 Å². The standard InChI is InChI=1S/C27H28ClFN6O3/c1-33-21(5-6-32-33)10-30-26-9-23(24(28)11-31-26)19-8-25-27(37)35(22(16-38-2)14-34(25)12-19)13-18-7-20(29)4-3-17(18)15-36/h3-9,11-12,22,36H,10,13-16H2,1-2H3,(H,30,31). The van der Waals surface area contributed by atoms with Gasteiger partial charge in [-0.25, -0.2) is 9.37 Å². The van der Waals surface area contributed by atoms with E-state index in [9.17, 15) is 14.3 Å². The molecular weight excluding hydrogens is 511 g/mol. The van der Waals surface area contributed by atoms with Crippen molar-refractivity contribution in [1.29, 1.82) is 0 Å². The summed E-state index contributed by atoms with van der Waals surface area (Å²) in [5.74, 6) is 0.0100. The Hall–Kier alpha value is -3.73. The van der Waals surface area contributed by atoms with Crippen LogP contribution >= 0.6 is 11.6 Å². The number of pyridine rings is 1. The van der Waals surface area contributed by atoms with E-state index in [0.29, 0.717) is 47.4 Å². The van der Waals surface area contributed by atoms with Crippen molar-refractivity contribution < 1.29 is 19.0 Å². The van der Waals surface area contributed by atoms with E-state index in [2.05, 4.69) is 15.4 Å². The quantitative estimate of drug-likeness (QED) is 0.336. The summed E-state index contributed by atoms with van der Waals surface area (Å²) in [6, 6.07) is 9.51. The summed E-state index contributed by atoms with van der Waals surface area (Å²) in [6.45, 7) is 1.25.